The Hall–Kier alpha value is -1.45. The molecule has 106 valence electrons. The molecule has 0 saturated carbocycles. The Morgan fingerprint density at radius 2 is 2.11 bits per heavy atom. The zero-order valence-corrected chi connectivity index (χ0v) is 11.8. The standard InChI is InChI=1S/C10H14N2O5S2/c1-2-11-8(13)3-4-12-19(16,17)9-5-7(6-18-9)10(14)15/h5-6,12H,2-4H2,1H3,(H,11,13)(H,14,15). The maximum Gasteiger partial charge on any atom is 0.336 e. The quantitative estimate of drug-likeness (QED) is 0.668. The lowest BCUT2D eigenvalue weighted by molar-refractivity contribution is -0.120. The second kappa shape index (κ2) is 6.64. The van der Waals surface area contributed by atoms with Crippen molar-refractivity contribution in [2.24, 2.45) is 0 Å². The Bertz CT molecular complexity index is 564. The first-order chi connectivity index (χ1) is 8.86. The van der Waals surface area contributed by atoms with Crippen molar-refractivity contribution in [1.82, 2.24) is 10.0 Å². The van der Waals surface area contributed by atoms with Gasteiger partial charge in [0.15, 0.2) is 0 Å². The van der Waals surface area contributed by atoms with Gasteiger partial charge in [0.25, 0.3) is 0 Å². The maximum atomic E-state index is 11.8. The molecule has 0 aliphatic heterocycles. The van der Waals surface area contributed by atoms with Crippen LogP contribution in [0.2, 0.25) is 0 Å². The third-order valence-corrected chi connectivity index (χ3v) is 5.01. The monoisotopic (exact) mass is 306 g/mol. The molecule has 1 rings (SSSR count). The first kappa shape index (κ1) is 15.6. The number of thiophene rings is 1. The molecule has 0 fully saturated rings. The van der Waals surface area contributed by atoms with E-state index >= 15 is 0 Å². The van der Waals surface area contributed by atoms with Crippen LogP contribution in [0.15, 0.2) is 15.7 Å². The molecule has 19 heavy (non-hydrogen) atoms. The fourth-order valence-electron chi connectivity index (χ4n) is 1.23. The molecule has 1 amide bonds. The average Bonchev–Trinajstić information content (AvgIpc) is 2.79. The number of aromatic carboxylic acids is 1. The van der Waals surface area contributed by atoms with Gasteiger partial charge >= 0.3 is 5.97 Å². The molecule has 1 aromatic rings. The van der Waals surface area contributed by atoms with E-state index in [0.717, 1.165) is 17.4 Å². The number of carboxylic acids is 1. The van der Waals surface area contributed by atoms with Crippen molar-refractivity contribution in [2.75, 3.05) is 13.1 Å². The Balaban J connectivity index is 2.60. The molecule has 7 nitrogen and oxygen atoms in total. The number of carboxylic acid groups (broad SMARTS) is 1. The normalized spacial score (nSPS) is 11.2. The summed E-state index contributed by atoms with van der Waals surface area (Å²) >= 11 is 0.822. The van der Waals surface area contributed by atoms with Crippen LogP contribution in [0.4, 0.5) is 0 Å². The lowest BCUT2D eigenvalue weighted by atomic mass is 10.4. The second-order valence-corrected chi connectivity index (χ2v) is 6.47. The first-order valence-corrected chi connectivity index (χ1v) is 7.81. The first-order valence-electron chi connectivity index (χ1n) is 5.45. The minimum atomic E-state index is -3.76. The van der Waals surface area contributed by atoms with Gasteiger partial charge in [-0.2, -0.15) is 0 Å². The van der Waals surface area contributed by atoms with E-state index in [1.165, 1.54) is 5.38 Å². The molecule has 0 saturated heterocycles. The molecule has 3 N–H and O–H groups in total. The van der Waals surface area contributed by atoms with Crippen LogP contribution in [0.3, 0.4) is 0 Å². The highest BCUT2D eigenvalue weighted by Crippen LogP contribution is 2.19. The van der Waals surface area contributed by atoms with Crippen LogP contribution in [0, 0.1) is 0 Å². The van der Waals surface area contributed by atoms with Crippen LogP contribution < -0.4 is 10.0 Å². The average molecular weight is 306 g/mol. The number of carbonyl (C=O) groups is 2. The summed E-state index contributed by atoms with van der Waals surface area (Å²) in [6, 6.07) is 1.08. The van der Waals surface area contributed by atoms with Gasteiger partial charge in [0.1, 0.15) is 4.21 Å². The fraction of sp³-hybridized carbons (Fsp3) is 0.400. The topological polar surface area (TPSA) is 113 Å². The molecule has 0 aromatic carbocycles. The highest BCUT2D eigenvalue weighted by molar-refractivity contribution is 7.91. The highest BCUT2D eigenvalue weighted by Gasteiger charge is 2.18. The predicted molar refractivity (Wildman–Crippen MR) is 69.8 cm³/mol. The van der Waals surface area contributed by atoms with Crippen LogP contribution in [-0.2, 0) is 14.8 Å². The van der Waals surface area contributed by atoms with Crippen molar-refractivity contribution in [3.63, 3.8) is 0 Å². The largest absolute Gasteiger partial charge is 0.478 e. The second-order valence-electron chi connectivity index (χ2n) is 3.56. The van der Waals surface area contributed by atoms with Gasteiger partial charge in [-0.3, -0.25) is 4.79 Å². The summed E-state index contributed by atoms with van der Waals surface area (Å²) in [4.78, 5) is 21.8. The summed E-state index contributed by atoms with van der Waals surface area (Å²) < 4.78 is 25.7. The molecule has 0 bridgehead atoms. The van der Waals surface area contributed by atoms with Crippen molar-refractivity contribution < 1.29 is 23.1 Å². The van der Waals surface area contributed by atoms with Crippen molar-refractivity contribution >= 4 is 33.2 Å². The predicted octanol–water partition coefficient (Wildman–Crippen LogP) is 0.251. The Morgan fingerprint density at radius 1 is 1.42 bits per heavy atom. The van der Waals surface area contributed by atoms with Crippen LogP contribution in [0.25, 0.3) is 0 Å². The van der Waals surface area contributed by atoms with E-state index in [2.05, 4.69) is 10.0 Å². The van der Waals surface area contributed by atoms with Gasteiger partial charge in [-0.05, 0) is 13.0 Å². The fourth-order valence-corrected chi connectivity index (χ4v) is 3.46. The SMILES string of the molecule is CCNC(=O)CCNS(=O)(=O)c1cc(C(=O)O)cs1. The Kier molecular flexibility index (Phi) is 5.45. The number of sulfonamides is 1. The van der Waals surface area contributed by atoms with Gasteiger partial charge in [-0.1, -0.05) is 0 Å². The van der Waals surface area contributed by atoms with Gasteiger partial charge in [0.2, 0.25) is 15.9 Å². The summed E-state index contributed by atoms with van der Waals surface area (Å²) in [6.45, 7) is 2.22. The number of nitrogens with one attached hydrogen (secondary N) is 2. The van der Waals surface area contributed by atoms with Crippen molar-refractivity contribution in [1.29, 1.82) is 0 Å². The smallest absolute Gasteiger partial charge is 0.336 e. The van der Waals surface area contributed by atoms with E-state index in [4.69, 9.17) is 5.11 Å². The van der Waals surface area contributed by atoms with E-state index in [-0.39, 0.29) is 28.6 Å². The number of hydrogen-bond donors (Lipinski definition) is 3. The number of carbonyl (C=O) groups excluding carboxylic acids is 1. The minimum Gasteiger partial charge on any atom is -0.478 e. The van der Waals surface area contributed by atoms with Crippen LogP contribution in [0.5, 0.6) is 0 Å². The van der Waals surface area contributed by atoms with Crippen molar-refractivity contribution in [3.8, 4) is 0 Å². The maximum absolute atomic E-state index is 11.8. The number of amides is 1. The third kappa shape index (κ3) is 4.62. The molecule has 0 aliphatic carbocycles. The van der Waals surface area contributed by atoms with Crippen molar-refractivity contribution in [3.05, 3.63) is 17.0 Å². The molecule has 9 heteroatoms. The summed E-state index contributed by atoms with van der Waals surface area (Å²) in [6.07, 6.45) is 0.0320. The van der Waals surface area contributed by atoms with Crippen molar-refractivity contribution in [2.45, 2.75) is 17.6 Å². The van der Waals surface area contributed by atoms with Crippen LogP contribution in [-0.4, -0.2) is 38.5 Å². The van der Waals surface area contributed by atoms with Gasteiger partial charge < -0.3 is 10.4 Å². The van der Waals surface area contributed by atoms with Crippen LogP contribution >= 0.6 is 11.3 Å². The summed E-state index contributed by atoms with van der Waals surface area (Å²) in [7, 11) is -3.76. The molecule has 0 aliphatic rings. The van der Waals surface area contributed by atoms with E-state index in [1.807, 2.05) is 0 Å². The zero-order chi connectivity index (χ0) is 14.5. The van der Waals surface area contributed by atoms with Gasteiger partial charge in [-0.15, -0.1) is 11.3 Å². The van der Waals surface area contributed by atoms with Gasteiger partial charge in [0, 0.05) is 24.9 Å². The Labute approximate surface area is 114 Å². The lowest BCUT2D eigenvalue weighted by Crippen LogP contribution is -2.30. The molecule has 0 spiro atoms. The van der Waals surface area contributed by atoms with E-state index in [0.29, 0.717) is 6.54 Å². The molecule has 0 radical (unpaired) electrons. The molecule has 0 unspecified atom stereocenters. The highest BCUT2D eigenvalue weighted by atomic mass is 32.2. The molecular formula is C10H14N2O5S2. The van der Waals surface area contributed by atoms with E-state index in [1.54, 1.807) is 6.92 Å². The molecule has 0 atom stereocenters. The van der Waals surface area contributed by atoms with E-state index in [9.17, 15) is 18.0 Å². The summed E-state index contributed by atoms with van der Waals surface area (Å²) in [5, 5.41) is 12.5. The number of rotatable bonds is 7. The summed E-state index contributed by atoms with van der Waals surface area (Å²) in [5.41, 5.74) is -0.0749. The lowest BCUT2D eigenvalue weighted by Gasteiger charge is -2.04. The summed E-state index contributed by atoms with van der Waals surface area (Å²) in [5.74, 6) is -1.43. The zero-order valence-electron chi connectivity index (χ0n) is 10.2. The molecule has 1 aromatic heterocycles. The third-order valence-electron chi connectivity index (χ3n) is 2.11. The Morgan fingerprint density at radius 3 is 2.63 bits per heavy atom. The van der Waals surface area contributed by atoms with E-state index < -0.39 is 16.0 Å². The van der Waals surface area contributed by atoms with Crippen LogP contribution in [0.1, 0.15) is 23.7 Å². The minimum absolute atomic E-state index is 0.0320. The number of hydrogen-bond acceptors (Lipinski definition) is 5. The molecular weight excluding hydrogens is 292 g/mol. The molecule has 1 heterocycles. The van der Waals surface area contributed by atoms with Gasteiger partial charge in [0.05, 0.1) is 5.56 Å². The van der Waals surface area contributed by atoms with Gasteiger partial charge in [-0.25, -0.2) is 17.9 Å².